The maximum Gasteiger partial charge on any atom is 0.316 e. The molecule has 2 aromatic carbocycles. The molecular formula is C22H25ClN6O4S2. The Morgan fingerprint density at radius 3 is 2.43 bits per heavy atom. The summed E-state index contributed by atoms with van der Waals surface area (Å²) in [5.41, 5.74) is 4.48. The van der Waals surface area contributed by atoms with Crippen LogP contribution >= 0.6 is 11.6 Å². The van der Waals surface area contributed by atoms with Crippen molar-refractivity contribution in [2.75, 3.05) is 11.3 Å². The van der Waals surface area contributed by atoms with Crippen LogP contribution in [0.1, 0.15) is 28.2 Å². The Bertz CT molecular complexity index is 1420. The molecule has 0 saturated carbocycles. The fraction of sp³-hybridized carbons (Fsp3) is 0.273. The fourth-order valence-corrected chi connectivity index (χ4v) is 4.70. The van der Waals surface area contributed by atoms with Crippen molar-refractivity contribution in [3.05, 3.63) is 69.6 Å². The van der Waals surface area contributed by atoms with Gasteiger partial charge in [-0.05, 0) is 56.5 Å². The number of hydrogen-bond acceptors (Lipinski definition) is 6. The minimum absolute atomic E-state index is 0.321. The van der Waals surface area contributed by atoms with E-state index in [0.717, 1.165) is 22.4 Å². The van der Waals surface area contributed by atoms with Gasteiger partial charge in [0.2, 0.25) is 0 Å². The summed E-state index contributed by atoms with van der Waals surface area (Å²) >= 11 is 2.54. The first-order valence-corrected chi connectivity index (χ1v) is 13.2. The zero-order chi connectivity index (χ0) is 25.1. The van der Waals surface area contributed by atoms with Gasteiger partial charge in [-0.2, -0.15) is 13.0 Å². The quantitative estimate of drug-likeness (QED) is 0.283. The third-order valence-electron chi connectivity index (χ3n) is 5.08. The first-order chi connectivity index (χ1) is 16.7. The highest BCUT2D eigenvalue weighted by Gasteiger charge is 2.13. The Morgan fingerprint density at radius 2 is 1.69 bits per heavy atom. The molecule has 13 heteroatoms. The second kappa shape index (κ2) is 10.8. The van der Waals surface area contributed by atoms with Gasteiger partial charge in [-0.3, -0.25) is 9.82 Å². The minimum Gasteiger partial charge on any atom is -0.389 e. The maximum atomic E-state index is 12.5. The number of rotatable bonds is 10. The summed E-state index contributed by atoms with van der Waals surface area (Å²) in [4.78, 5) is 4.37. The third kappa shape index (κ3) is 6.20. The number of aryl methyl sites for hydroxylation is 4. The van der Waals surface area contributed by atoms with Crippen molar-refractivity contribution in [3.8, 4) is 11.5 Å². The summed E-state index contributed by atoms with van der Waals surface area (Å²) in [5.74, 6) is 1.46. The van der Waals surface area contributed by atoms with Gasteiger partial charge in [0.15, 0.2) is 11.5 Å². The van der Waals surface area contributed by atoms with Crippen LogP contribution < -0.4 is 17.8 Å². The van der Waals surface area contributed by atoms with E-state index in [2.05, 4.69) is 24.6 Å². The van der Waals surface area contributed by atoms with Crippen LogP contribution in [0.3, 0.4) is 0 Å². The van der Waals surface area contributed by atoms with Crippen molar-refractivity contribution in [1.82, 2.24) is 24.5 Å². The van der Waals surface area contributed by atoms with Gasteiger partial charge >= 0.3 is 11.3 Å². The number of aromatic nitrogens is 4. The highest BCUT2D eigenvalue weighted by atomic mass is 35.5. The molecular weight excluding hydrogens is 512 g/mol. The number of fused-ring (bicyclic) bond motifs is 1. The Morgan fingerprint density at radius 1 is 1.00 bits per heavy atom. The van der Waals surface area contributed by atoms with Gasteiger partial charge in [0.05, 0.1) is 11.4 Å². The van der Waals surface area contributed by atoms with Gasteiger partial charge in [-0.1, -0.05) is 29.8 Å². The number of nitrogens with one attached hydrogen (secondary N) is 3. The first-order valence-electron chi connectivity index (χ1n) is 10.7. The van der Waals surface area contributed by atoms with Crippen LogP contribution in [0.25, 0.3) is 5.65 Å². The zero-order valence-electron chi connectivity index (χ0n) is 19.5. The predicted octanol–water partition coefficient (Wildman–Crippen LogP) is 3.80. The van der Waals surface area contributed by atoms with E-state index in [9.17, 15) is 8.42 Å². The molecule has 0 radical (unpaired) electrons. The summed E-state index contributed by atoms with van der Waals surface area (Å²) in [6, 6.07) is 10.8. The first kappa shape index (κ1) is 25.2. The number of benzene rings is 2. The van der Waals surface area contributed by atoms with Gasteiger partial charge in [0.1, 0.15) is 16.5 Å². The molecule has 2 heterocycles. The largest absolute Gasteiger partial charge is 0.389 e. The SMILES string of the molecule is Cc1ccc(C)c(OS(=O)Nc2ccc(C)c(OS(=O)NCCc3nc4c(Cl)c(C)[nH]n4n3)c2)c1. The molecule has 0 aliphatic heterocycles. The van der Waals surface area contributed by atoms with Crippen molar-refractivity contribution >= 4 is 45.5 Å². The number of H-pyrrole nitrogens is 1. The second-order valence-corrected chi connectivity index (χ2v) is 10.1. The molecule has 0 aliphatic carbocycles. The van der Waals surface area contributed by atoms with E-state index in [0.29, 0.717) is 46.6 Å². The molecule has 35 heavy (non-hydrogen) atoms. The number of aromatic amines is 1. The zero-order valence-corrected chi connectivity index (χ0v) is 21.9. The van der Waals surface area contributed by atoms with E-state index >= 15 is 0 Å². The third-order valence-corrected chi connectivity index (χ3v) is 7.04. The molecule has 0 spiro atoms. The molecule has 4 aromatic rings. The minimum atomic E-state index is -1.83. The molecule has 10 nitrogen and oxygen atoms in total. The lowest BCUT2D eigenvalue weighted by atomic mass is 10.1. The average Bonchev–Trinajstić information content (AvgIpc) is 3.31. The van der Waals surface area contributed by atoms with Crippen molar-refractivity contribution in [2.45, 2.75) is 34.1 Å². The van der Waals surface area contributed by atoms with Gasteiger partial charge in [-0.15, -0.1) is 5.10 Å². The molecule has 2 unspecified atom stereocenters. The van der Waals surface area contributed by atoms with E-state index in [1.54, 1.807) is 18.2 Å². The Hall–Kier alpha value is -2.93. The number of hydrogen-bond donors (Lipinski definition) is 3. The normalized spacial score (nSPS) is 13.1. The summed E-state index contributed by atoms with van der Waals surface area (Å²) in [6.45, 7) is 7.79. The highest BCUT2D eigenvalue weighted by Crippen LogP contribution is 2.25. The average molecular weight is 537 g/mol. The van der Waals surface area contributed by atoms with Crippen LogP contribution in [0.4, 0.5) is 5.69 Å². The molecule has 0 saturated heterocycles. The molecule has 2 atom stereocenters. The summed E-state index contributed by atoms with van der Waals surface area (Å²) < 4.78 is 43.0. The van der Waals surface area contributed by atoms with Crippen LogP contribution in [0.5, 0.6) is 11.5 Å². The summed E-state index contributed by atoms with van der Waals surface area (Å²) in [6.07, 6.45) is 0.426. The molecule has 0 amide bonds. The summed E-state index contributed by atoms with van der Waals surface area (Å²) in [5, 5.41) is 7.82. The fourth-order valence-electron chi connectivity index (χ4n) is 3.16. The Balaban J connectivity index is 1.31. The number of halogens is 1. The van der Waals surface area contributed by atoms with Crippen LogP contribution in [-0.4, -0.2) is 34.8 Å². The van der Waals surface area contributed by atoms with Gasteiger partial charge in [-0.25, -0.2) is 9.71 Å². The lowest BCUT2D eigenvalue weighted by molar-refractivity contribution is 0.545. The van der Waals surface area contributed by atoms with Crippen molar-refractivity contribution in [2.24, 2.45) is 0 Å². The van der Waals surface area contributed by atoms with E-state index in [1.165, 1.54) is 4.63 Å². The van der Waals surface area contributed by atoms with E-state index in [-0.39, 0.29) is 0 Å². The van der Waals surface area contributed by atoms with E-state index in [4.69, 9.17) is 20.0 Å². The van der Waals surface area contributed by atoms with Gasteiger partial charge < -0.3 is 8.37 Å². The molecule has 0 bridgehead atoms. The van der Waals surface area contributed by atoms with Crippen molar-refractivity contribution in [3.63, 3.8) is 0 Å². The molecule has 0 fully saturated rings. The van der Waals surface area contributed by atoms with Crippen molar-refractivity contribution in [1.29, 1.82) is 0 Å². The molecule has 186 valence electrons. The van der Waals surface area contributed by atoms with Crippen LogP contribution in [-0.2, 0) is 29.0 Å². The lowest BCUT2D eigenvalue weighted by Gasteiger charge is -2.12. The topological polar surface area (TPSA) is 123 Å². The van der Waals surface area contributed by atoms with Gasteiger partial charge in [0, 0.05) is 19.0 Å². The molecule has 3 N–H and O–H groups in total. The van der Waals surface area contributed by atoms with Crippen molar-refractivity contribution < 1.29 is 16.8 Å². The standard InChI is InChI=1S/C22H25ClN6O4S2/c1-13-5-6-14(2)18(11-13)33-35(31)28-17-8-7-15(3)19(12-17)32-34(30)24-10-9-20-25-22-21(23)16(4)26-29(22)27-20/h5-8,11-12,24,26,28H,9-10H2,1-4H3. The number of anilines is 1. The highest BCUT2D eigenvalue weighted by molar-refractivity contribution is 7.82. The second-order valence-electron chi connectivity index (χ2n) is 7.95. The number of nitrogens with zero attached hydrogens (tertiary/aromatic N) is 3. The predicted molar refractivity (Wildman–Crippen MR) is 137 cm³/mol. The molecule has 0 aliphatic rings. The molecule has 2 aromatic heterocycles. The maximum absolute atomic E-state index is 12.5. The summed E-state index contributed by atoms with van der Waals surface area (Å²) in [7, 11) is 0. The van der Waals surface area contributed by atoms with Gasteiger partial charge in [0.25, 0.3) is 11.3 Å². The van der Waals surface area contributed by atoms with Crippen LogP contribution in [0.2, 0.25) is 5.02 Å². The van der Waals surface area contributed by atoms with E-state index in [1.807, 2.05) is 45.9 Å². The smallest absolute Gasteiger partial charge is 0.316 e. The molecule has 4 rings (SSSR count). The monoisotopic (exact) mass is 536 g/mol. The van der Waals surface area contributed by atoms with E-state index < -0.39 is 22.5 Å². The Kier molecular flexibility index (Phi) is 7.75. The Labute approximate surface area is 213 Å². The van der Waals surface area contributed by atoms with Crippen LogP contribution in [0.15, 0.2) is 36.4 Å². The van der Waals surface area contributed by atoms with Crippen LogP contribution in [0, 0.1) is 27.7 Å². The lowest BCUT2D eigenvalue weighted by Crippen LogP contribution is -2.24.